The predicted molar refractivity (Wildman–Crippen MR) is 50.5 cm³/mol. The summed E-state index contributed by atoms with van der Waals surface area (Å²) in [4.78, 5) is 10.2. The highest BCUT2D eigenvalue weighted by atomic mass is 35.5. The fourth-order valence-electron chi connectivity index (χ4n) is 0.433. The quantitative estimate of drug-likeness (QED) is 0.398. The number of ether oxygens (including phenoxy) is 1. The van der Waals surface area contributed by atoms with Gasteiger partial charge in [-0.2, -0.15) is 0 Å². The van der Waals surface area contributed by atoms with Crippen LogP contribution in [0.4, 0.5) is 0 Å². The van der Waals surface area contributed by atoms with Gasteiger partial charge in [-0.15, -0.1) is 0 Å². The molecule has 4 heteroatoms. The molecular weight excluding hydrogens is 199 g/mol. The predicted octanol–water partition coefficient (Wildman–Crippen LogP) is 2.69. The Morgan fingerprint density at radius 3 is 2.08 bits per heavy atom. The molecule has 0 rings (SSSR count). The topological polar surface area (TPSA) is 26.3 Å². The summed E-state index contributed by atoms with van der Waals surface area (Å²) in [5.74, 6) is -0.558. The minimum absolute atomic E-state index is 0.0632. The van der Waals surface area contributed by atoms with Crippen LogP contribution in [0.2, 0.25) is 0 Å². The summed E-state index contributed by atoms with van der Waals surface area (Å²) in [6.07, 6.45) is 0. The fourth-order valence-corrected chi connectivity index (χ4v) is 0.611. The lowest BCUT2D eigenvalue weighted by molar-refractivity contribution is -0.149. The van der Waals surface area contributed by atoms with E-state index < -0.39 is 16.4 Å². The second kappa shape index (κ2) is 4.15. The Balaban J connectivity index is 4.15. The molecule has 0 atom stereocenters. The zero-order valence-corrected chi connectivity index (χ0v) is 8.87. The maximum atomic E-state index is 11.1. The molecule has 0 fully saturated rings. The number of hydrogen-bond acceptors (Lipinski definition) is 2. The van der Waals surface area contributed by atoms with Crippen molar-refractivity contribution < 1.29 is 9.53 Å². The van der Waals surface area contributed by atoms with Gasteiger partial charge in [-0.25, -0.2) is 4.79 Å². The largest absolute Gasteiger partial charge is 0.457 e. The van der Waals surface area contributed by atoms with E-state index in [-0.39, 0.29) is 5.57 Å². The van der Waals surface area contributed by atoms with Gasteiger partial charge in [-0.05, 0) is 20.8 Å². The van der Waals surface area contributed by atoms with Crippen molar-refractivity contribution in [3.05, 3.63) is 12.2 Å². The van der Waals surface area contributed by atoms with Crippen LogP contribution in [0, 0.1) is 0 Å². The molecule has 0 heterocycles. The lowest BCUT2D eigenvalue weighted by Gasteiger charge is -2.20. The molecule has 0 unspecified atom stereocenters. The molecule has 0 aliphatic heterocycles. The van der Waals surface area contributed by atoms with Crippen LogP contribution in [0.25, 0.3) is 0 Å². The van der Waals surface area contributed by atoms with E-state index in [9.17, 15) is 4.79 Å². The fraction of sp³-hybridized carbons (Fsp3) is 0.625. The van der Waals surface area contributed by atoms with Crippen molar-refractivity contribution in [3.8, 4) is 0 Å². The molecule has 0 radical (unpaired) electrons. The molecule has 2 nitrogen and oxygen atoms in total. The molecule has 70 valence electrons. The van der Waals surface area contributed by atoms with Crippen LogP contribution in [0.15, 0.2) is 12.2 Å². The Bertz CT molecular complexity index is 192. The number of esters is 1. The highest BCUT2D eigenvalue weighted by Crippen LogP contribution is 2.17. The maximum absolute atomic E-state index is 11.1. The first-order valence-corrected chi connectivity index (χ1v) is 4.31. The van der Waals surface area contributed by atoms with Crippen LogP contribution < -0.4 is 0 Å². The molecule has 0 saturated carbocycles. The van der Waals surface area contributed by atoms with Crippen LogP contribution in [-0.4, -0.2) is 16.4 Å². The number of alkyl halides is 2. The van der Waals surface area contributed by atoms with Gasteiger partial charge in [-0.3, -0.25) is 0 Å². The minimum atomic E-state index is -0.903. The summed E-state index contributed by atoms with van der Waals surface area (Å²) in [6.45, 7) is 8.68. The first-order chi connectivity index (χ1) is 5.24. The van der Waals surface area contributed by atoms with E-state index in [4.69, 9.17) is 27.9 Å². The first kappa shape index (κ1) is 11.8. The Kier molecular flexibility index (Phi) is 4.08. The molecule has 0 aromatic carbocycles. The maximum Gasteiger partial charge on any atom is 0.336 e. The SMILES string of the molecule is C=C(C(=O)OC(C)(C)C)C(Cl)Cl. The lowest BCUT2D eigenvalue weighted by Crippen LogP contribution is -2.26. The van der Waals surface area contributed by atoms with Gasteiger partial charge < -0.3 is 4.74 Å². The summed E-state index contributed by atoms with van der Waals surface area (Å²) in [7, 11) is 0. The van der Waals surface area contributed by atoms with Crippen LogP contribution in [-0.2, 0) is 9.53 Å². The summed E-state index contributed by atoms with van der Waals surface area (Å²) in [5, 5.41) is 0. The summed E-state index contributed by atoms with van der Waals surface area (Å²) in [5.41, 5.74) is -0.476. The average molecular weight is 211 g/mol. The number of rotatable bonds is 2. The molecule has 0 aliphatic rings. The van der Waals surface area contributed by atoms with Gasteiger partial charge in [0.25, 0.3) is 0 Å². The van der Waals surface area contributed by atoms with E-state index >= 15 is 0 Å². The van der Waals surface area contributed by atoms with Crippen molar-refractivity contribution in [2.45, 2.75) is 31.2 Å². The van der Waals surface area contributed by atoms with Crippen molar-refractivity contribution in [1.82, 2.24) is 0 Å². The lowest BCUT2D eigenvalue weighted by atomic mass is 10.2. The summed E-state index contributed by atoms with van der Waals surface area (Å²) in [6, 6.07) is 0. The van der Waals surface area contributed by atoms with Crippen LogP contribution in [0.5, 0.6) is 0 Å². The third kappa shape index (κ3) is 4.62. The molecular formula is C8H12Cl2O2. The van der Waals surface area contributed by atoms with E-state index in [0.29, 0.717) is 0 Å². The number of hydrogen-bond donors (Lipinski definition) is 0. The van der Waals surface area contributed by atoms with Gasteiger partial charge in [0.15, 0.2) is 0 Å². The standard InChI is InChI=1S/C8H12Cl2O2/c1-5(6(9)10)7(11)12-8(2,3)4/h6H,1H2,2-4H3. The monoisotopic (exact) mass is 210 g/mol. The van der Waals surface area contributed by atoms with Gasteiger partial charge in [0, 0.05) is 0 Å². The molecule has 0 aromatic heterocycles. The molecule has 0 aromatic rings. The Morgan fingerprint density at radius 1 is 1.42 bits per heavy atom. The van der Waals surface area contributed by atoms with Gasteiger partial charge in [0.2, 0.25) is 0 Å². The second-order valence-corrected chi connectivity index (χ2v) is 4.42. The summed E-state index contributed by atoms with van der Waals surface area (Å²) >= 11 is 10.8. The molecule has 0 saturated heterocycles. The van der Waals surface area contributed by atoms with Crippen LogP contribution >= 0.6 is 23.2 Å². The van der Waals surface area contributed by atoms with Gasteiger partial charge in [0.1, 0.15) is 10.4 Å². The Labute approximate surface area is 82.5 Å². The zero-order valence-electron chi connectivity index (χ0n) is 7.36. The smallest absolute Gasteiger partial charge is 0.336 e. The molecule has 0 amide bonds. The minimum Gasteiger partial charge on any atom is -0.457 e. The van der Waals surface area contributed by atoms with Crippen LogP contribution in [0.1, 0.15) is 20.8 Å². The van der Waals surface area contributed by atoms with Crippen molar-refractivity contribution in [1.29, 1.82) is 0 Å². The van der Waals surface area contributed by atoms with Crippen molar-refractivity contribution in [3.63, 3.8) is 0 Å². The average Bonchev–Trinajstić information content (AvgIpc) is 1.82. The van der Waals surface area contributed by atoms with E-state index in [1.54, 1.807) is 20.8 Å². The summed E-state index contributed by atoms with van der Waals surface area (Å²) < 4.78 is 4.95. The molecule has 0 N–H and O–H groups in total. The number of carbonyl (C=O) groups is 1. The van der Waals surface area contributed by atoms with Crippen molar-refractivity contribution in [2.75, 3.05) is 0 Å². The van der Waals surface area contributed by atoms with E-state index in [1.807, 2.05) is 0 Å². The second-order valence-electron chi connectivity index (χ2n) is 3.33. The van der Waals surface area contributed by atoms with Crippen molar-refractivity contribution in [2.24, 2.45) is 0 Å². The van der Waals surface area contributed by atoms with E-state index in [1.165, 1.54) is 0 Å². The van der Waals surface area contributed by atoms with Gasteiger partial charge in [-0.1, -0.05) is 29.8 Å². The molecule has 0 bridgehead atoms. The highest BCUT2D eigenvalue weighted by Gasteiger charge is 2.21. The Hall–Kier alpha value is -0.210. The number of carbonyl (C=O) groups excluding carboxylic acids is 1. The zero-order chi connectivity index (χ0) is 9.94. The number of halogens is 2. The van der Waals surface area contributed by atoms with E-state index in [0.717, 1.165) is 0 Å². The Morgan fingerprint density at radius 2 is 1.83 bits per heavy atom. The van der Waals surface area contributed by atoms with E-state index in [2.05, 4.69) is 6.58 Å². The third-order valence-electron chi connectivity index (χ3n) is 0.924. The van der Waals surface area contributed by atoms with Gasteiger partial charge >= 0.3 is 5.97 Å². The highest BCUT2D eigenvalue weighted by molar-refractivity contribution is 6.47. The molecule has 0 aliphatic carbocycles. The molecule has 12 heavy (non-hydrogen) atoms. The normalized spacial score (nSPS) is 11.5. The third-order valence-corrected chi connectivity index (χ3v) is 1.45. The van der Waals surface area contributed by atoms with Crippen molar-refractivity contribution >= 4 is 29.2 Å². The molecule has 0 spiro atoms. The van der Waals surface area contributed by atoms with Gasteiger partial charge in [0.05, 0.1) is 5.57 Å². The first-order valence-electron chi connectivity index (χ1n) is 3.44. The van der Waals surface area contributed by atoms with Crippen LogP contribution in [0.3, 0.4) is 0 Å².